The van der Waals surface area contributed by atoms with Crippen molar-refractivity contribution in [1.82, 2.24) is 15.0 Å². The molecule has 2 rings (SSSR count). The largest absolute Gasteiger partial charge is 0.298 e. The molecule has 5 nitrogen and oxygen atoms in total. The van der Waals surface area contributed by atoms with Crippen LogP contribution in [0.4, 0.5) is 11.6 Å². The Kier molecular flexibility index (Phi) is 5.69. The molecule has 0 saturated carbocycles. The van der Waals surface area contributed by atoms with Crippen LogP contribution in [0.1, 0.15) is 11.6 Å². The van der Waals surface area contributed by atoms with E-state index in [1.807, 2.05) is 30.3 Å². The molecule has 0 atom stereocenters. The summed E-state index contributed by atoms with van der Waals surface area (Å²) in [4.78, 5) is 11.8. The second-order valence-electron chi connectivity index (χ2n) is 3.92. The summed E-state index contributed by atoms with van der Waals surface area (Å²) in [6.45, 7) is 0. The van der Waals surface area contributed by atoms with Crippen LogP contribution in [0.15, 0.2) is 30.3 Å². The fourth-order valence-electron chi connectivity index (χ4n) is 1.33. The van der Waals surface area contributed by atoms with E-state index in [4.69, 9.17) is 69.6 Å². The van der Waals surface area contributed by atoms with Gasteiger partial charge in [0.2, 0.25) is 13.5 Å². The van der Waals surface area contributed by atoms with Crippen LogP contribution in [0.2, 0.25) is 0 Å². The summed E-state index contributed by atoms with van der Waals surface area (Å²) in [5.74, 6) is -0.320. The molecule has 2 N–H and O–H groups in total. The quantitative estimate of drug-likeness (QED) is 0.541. The summed E-state index contributed by atoms with van der Waals surface area (Å²) in [5, 5.41) is 0. The Morgan fingerprint density at radius 1 is 0.682 bits per heavy atom. The van der Waals surface area contributed by atoms with Gasteiger partial charge in [-0.3, -0.25) is 10.9 Å². The minimum atomic E-state index is -1.89. The average Bonchev–Trinajstić information content (AvgIpc) is 2.44. The molecule has 0 unspecified atom stereocenters. The summed E-state index contributed by atoms with van der Waals surface area (Å²) >= 11 is 34.6. The summed E-state index contributed by atoms with van der Waals surface area (Å²) in [6, 6.07) is 9.20. The highest BCUT2D eigenvalue weighted by molar-refractivity contribution is 6.67. The third-order valence-electron chi connectivity index (χ3n) is 2.23. The van der Waals surface area contributed by atoms with Gasteiger partial charge < -0.3 is 0 Å². The summed E-state index contributed by atoms with van der Waals surface area (Å²) < 4.78 is -3.78. The number of rotatable bonds is 3. The number of anilines is 2. The van der Waals surface area contributed by atoms with E-state index in [9.17, 15) is 0 Å². The fourth-order valence-corrected chi connectivity index (χ4v) is 1.84. The molecule has 22 heavy (non-hydrogen) atoms. The molecular formula is C11H7Cl6N5. The van der Waals surface area contributed by atoms with Crippen LogP contribution in [-0.2, 0) is 7.59 Å². The van der Waals surface area contributed by atoms with Gasteiger partial charge in [0.15, 0.2) is 11.6 Å². The van der Waals surface area contributed by atoms with Crippen LogP contribution in [0.25, 0.3) is 0 Å². The number of hydrogen-bond acceptors (Lipinski definition) is 5. The maximum atomic E-state index is 5.77. The molecule has 1 heterocycles. The van der Waals surface area contributed by atoms with Crippen LogP contribution >= 0.6 is 69.6 Å². The van der Waals surface area contributed by atoms with E-state index < -0.39 is 7.59 Å². The molecular weight excluding hydrogens is 415 g/mol. The summed E-state index contributed by atoms with van der Waals surface area (Å²) in [7, 11) is 0. The highest BCUT2D eigenvalue weighted by Crippen LogP contribution is 2.40. The molecule has 11 heteroatoms. The first-order valence-corrected chi connectivity index (χ1v) is 7.90. The maximum Gasteiger partial charge on any atom is 0.250 e. The van der Waals surface area contributed by atoms with Crippen molar-refractivity contribution in [3.8, 4) is 0 Å². The van der Waals surface area contributed by atoms with Crippen molar-refractivity contribution in [2.24, 2.45) is 0 Å². The van der Waals surface area contributed by atoms with Gasteiger partial charge in [-0.2, -0.15) is 9.97 Å². The number of nitrogens with one attached hydrogen (secondary N) is 2. The van der Waals surface area contributed by atoms with Crippen molar-refractivity contribution in [3.63, 3.8) is 0 Å². The molecule has 0 spiro atoms. The van der Waals surface area contributed by atoms with Crippen LogP contribution in [0.5, 0.6) is 0 Å². The third kappa shape index (κ3) is 5.05. The Balaban J connectivity index is 2.30. The van der Waals surface area contributed by atoms with E-state index in [1.165, 1.54) is 0 Å². The van der Waals surface area contributed by atoms with Crippen LogP contribution in [-0.4, -0.2) is 15.0 Å². The zero-order valence-corrected chi connectivity index (χ0v) is 15.0. The number of alkyl halides is 6. The number of nitrogens with zero attached hydrogens (tertiary/aromatic N) is 3. The number of para-hydroxylation sites is 1. The molecule has 1 aromatic heterocycles. The van der Waals surface area contributed by atoms with Gasteiger partial charge in [0.25, 0.3) is 0 Å². The van der Waals surface area contributed by atoms with Crippen molar-refractivity contribution >= 4 is 81.2 Å². The number of halogens is 6. The van der Waals surface area contributed by atoms with Crippen molar-refractivity contribution in [2.75, 3.05) is 10.9 Å². The van der Waals surface area contributed by atoms with Gasteiger partial charge in [0, 0.05) is 0 Å². The fraction of sp³-hybridized carbons (Fsp3) is 0.182. The predicted molar refractivity (Wildman–Crippen MR) is 92.0 cm³/mol. The Labute approximate surface area is 156 Å². The van der Waals surface area contributed by atoms with Gasteiger partial charge in [0.05, 0.1) is 5.69 Å². The van der Waals surface area contributed by atoms with E-state index >= 15 is 0 Å². The van der Waals surface area contributed by atoms with E-state index in [0.717, 1.165) is 5.69 Å². The highest BCUT2D eigenvalue weighted by Gasteiger charge is 2.33. The van der Waals surface area contributed by atoms with Crippen molar-refractivity contribution in [2.45, 2.75) is 7.59 Å². The second-order valence-corrected chi connectivity index (χ2v) is 8.48. The van der Waals surface area contributed by atoms with Gasteiger partial charge in [-0.05, 0) is 12.1 Å². The molecule has 0 aliphatic carbocycles. The van der Waals surface area contributed by atoms with Gasteiger partial charge in [0.1, 0.15) is 0 Å². The smallest absolute Gasteiger partial charge is 0.250 e. The number of hydrogen-bond donors (Lipinski definition) is 2. The topological polar surface area (TPSA) is 62.7 Å². The van der Waals surface area contributed by atoms with Gasteiger partial charge >= 0.3 is 0 Å². The molecule has 0 radical (unpaired) electrons. The molecule has 0 aliphatic heterocycles. The monoisotopic (exact) mass is 419 g/mol. The lowest BCUT2D eigenvalue weighted by atomic mass is 10.3. The Morgan fingerprint density at radius 3 is 1.64 bits per heavy atom. The molecule has 118 valence electrons. The van der Waals surface area contributed by atoms with Crippen LogP contribution in [0.3, 0.4) is 0 Å². The SMILES string of the molecule is ClC(Cl)(Cl)c1nc(NNc2ccccc2)nc(C(Cl)(Cl)Cl)n1. The molecule has 2 aromatic rings. The first kappa shape index (κ1) is 17.9. The minimum absolute atomic E-state index is 0.0292. The summed E-state index contributed by atoms with van der Waals surface area (Å²) in [6.07, 6.45) is 0. The standard InChI is InChI=1S/C11H7Cl6N5/c12-10(13,14)7-18-8(11(15,16)17)20-9(19-7)22-21-6-4-2-1-3-5-6/h1-5,21H,(H,18,19,20,22). The van der Waals surface area contributed by atoms with Gasteiger partial charge in [-0.25, -0.2) is 4.98 Å². The lowest BCUT2D eigenvalue weighted by molar-refractivity contribution is 0.848. The van der Waals surface area contributed by atoms with Gasteiger partial charge in [-0.15, -0.1) is 0 Å². The third-order valence-corrected chi connectivity index (χ3v) is 3.25. The lowest BCUT2D eigenvalue weighted by Crippen LogP contribution is -2.20. The second kappa shape index (κ2) is 6.99. The number of benzene rings is 1. The maximum absolute atomic E-state index is 5.77. The molecule has 0 bridgehead atoms. The Hall–Kier alpha value is -0.430. The minimum Gasteiger partial charge on any atom is -0.298 e. The van der Waals surface area contributed by atoms with E-state index in [-0.39, 0.29) is 17.6 Å². The zero-order valence-electron chi connectivity index (χ0n) is 10.5. The normalized spacial score (nSPS) is 12.1. The molecule has 0 fully saturated rings. The number of hydrazine groups is 1. The predicted octanol–water partition coefficient (Wildman–Crippen LogP) is 4.96. The average molecular weight is 422 g/mol. The first-order chi connectivity index (χ1) is 10.2. The molecule has 0 aliphatic rings. The van der Waals surface area contributed by atoms with E-state index in [1.54, 1.807) is 0 Å². The van der Waals surface area contributed by atoms with E-state index in [2.05, 4.69) is 25.8 Å². The van der Waals surface area contributed by atoms with E-state index in [0.29, 0.717) is 0 Å². The van der Waals surface area contributed by atoms with Crippen molar-refractivity contribution in [1.29, 1.82) is 0 Å². The zero-order chi connectivity index (χ0) is 16.4. The Bertz CT molecular complexity index is 607. The van der Waals surface area contributed by atoms with Crippen LogP contribution < -0.4 is 10.9 Å². The molecule has 0 amide bonds. The molecule has 0 saturated heterocycles. The van der Waals surface area contributed by atoms with Gasteiger partial charge in [-0.1, -0.05) is 87.8 Å². The Morgan fingerprint density at radius 2 is 1.18 bits per heavy atom. The van der Waals surface area contributed by atoms with Crippen molar-refractivity contribution < 1.29 is 0 Å². The van der Waals surface area contributed by atoms with Crippen LogP contribution in [0, 0.1) is 0 Å². The first-order valence-electron chi connectivity index (χ1n) is 5.64. The van der Waals surface area contributed by atoms with Crippen molar-refractivity contribution in [3.05, 3.63) is 42.0 Å². The highest BCUT2D eigenvalue weighted by atomic mass is 35.6. The number of aromatic nitrogens is 3. The molecule has 1 aromatic carbocycles. The summed E-state index contributed by atoms with van der Waals surface area (Å²) in [5.41, 5.74) is 6.34. The lowest BCUT2D eigenvalue weighted by Gasteiger charge is -2.16.